The molecule has 18 heavy (non-hydrogen) atoms. The zero-order chi connectivity index (χ0) is 13.0. The molecule has 94 valence electrons. The third-order valence-corrected chi connectivity index (χ3v) is 2.53. The number of aromatic nitrogens is 4. The average Bonchev–Trinajstić information content (AvgIpc) is 2.38. The molecule has 5 nitrogen and oxygen atoms in total. The second-order valence-corrected chi connectivity index (χ2v) is 4.10. The van der Waals surface area contributed by atoms with Crippen molar-refractivity contribution in [2.45, 2.75) is 19.8 Å². The van der Waals surface area contributed by atoms with Crippen molar-refractivity contribution >= 4 is 11.6 Å². The number of methoxy groups -OCH3 is 1. The summed E-state index contributed by atoms with van der Waals surface area (Å²) < 4.78 is 4.95. The first-order chi connectivity index (χ1) is 8.72. The summed E-state index contributed by atoms with van der Waals surface area (Å²) in [7, 11) is 1.54. The standard InChI is InChI=1S/C12H13ClN4O/c1-3-4-8-7-10(13)15-12(14-8)9-5-6-11(18-2)17-16-9/h5-7H,3-4H2,1-2H3. The predicted molar refractivity (Wildman–Crippen MR) is 68.6 cm³/mol. The van der Waals surface area contributed by atoms with Crippen LogP contribution in [-0.2, 0) is 6.42 Å². The summed E-state index contributed by atoms with van der Waals surface area (Å²) in [6.07, 6.45) is 1.86. The van der Waals surface area contributed by atoms with Gasteiger partial charge >= 0.3 is 0 Å². The van der Waals surface area contributed by atoms with Gasteiger partial charge in [-0.3, -0.25) is 0 Å². The Labute approximate surface area is 110 Å². The Morgan fingerprint density at radius 2 is 2.06 bits per heavy atom. The van der Waals surface area contributed by atoms with E-state index in [-0.39, 0.29) is 0 Å². The molecule has 0 atom stereocenters. The second kappa shape index (κ2) is 5.73. The van der Waals surface area contributed by atoms with E-state index in [1.807, 2.05) is 0 Å². The van der Waals surface area contributed by atoms with Crippen molar-refractivity contribution in [1.82, 2.24) is 20.2 Å². The Bertz CT molecular complexity index is 530. The van der Waals surface area contributed by atoms with Crippen molar-refractivity contribution in [3.8, 4) is 17.4 Å². The first-order valence-corrected chi connectivity index (χ1v) is 6.02. The highest BCUT2D eigenvalue weighted by Crippen LogP contribution is 2.17. The molecule has 0 amide bonds. The number of aryl methyl sites for hydroxylation is 1. The minimum atomic E-state index is 0.418. The zero-order valence-electron chi connectivity index (χ0n) is 10.2. The molecule has 6 heteroatoms. The van der Waals surface area contributed by atoms with Crippen molar-refractivity contribution in [2.24, 2.45) is 0 Å². The predicted octanol–water partition coefficient (Wildman–Crippen LogP) is 2.55. The van der Waals surface area contributed by atoms with Crippen molar-refractivity contribution in [1.29, 1.82) is 0 Å². The molecule has 0 N–H and O–H groups in total. The molecule has 2 heterocycles. The van der Waals surface area contributed by atoms with E-state index >= 15 is 0 Å². The number of hydrogen-bond donors (Lipinski definition) is 0. The van der Waals surface area contributed by atoms with Gasteiger partial charge < -0.3 is 4.74 Å². The molecule has 0 fully saturated rings. The van der Waals surface area contributed by atoms with Gasteiger partial charge in [0.15, 0.2) is 5.82 Å². The molecule has 0 radical (unpaired) electrons. The van der Waals surface area contributed by atoms with Gasteiger partial charge in [-0.15, -0.1) is 10.2 Å². The van der Waals surface area contributed by atoms with Crippen LogP contribution in [0.2, 0.25) is 5.15 Å². The van der Waals surface area contributed by atoms with Crippen LogP contribution in [0.3, 0.4) is 0 Å². The highest BCUT2D eigenvalue weighted by molar-refractivity contribution is 6.29. The lowest BCUT2D eigenvalue weighted by Crippen LogP contribution is -1.99. The minimum absolute atomic E-state index is 0.418. The van der Waals surface area contributed by atoms with Gasteiger partial charge in [0.05, 0.1) is 7.11 Å². The Balaban J connectivity index is 2.36. The van der Waals surface area contributed by atoms with Crippen LogP contribution in [-0.4, -0.2) is 27.3 Å². The van der Waals surface area contributed by atoms with Crippen LogP contribution in [0.1, 0.15) is 19.0 Å². The molecule has 0 aliphatic heterocycles. The third-order valence-electron chi connectivity index (χ3n) is 2.33. The summed E-state index contributed by atoms with van der Waals surface area (Å²) >= 11 is 5.97. The number of rotatable bonds is 4. The second-order valence-electron chi connectivity index (χ2n) is 3.72. The summed E-state index contributed by atoms with van der Waals surface area (Å²) in [6, 6.07) is 5.24. The molecule has 2 rings (SSSR count). The number of hydrogen-bond acceptors (Lipinski definition) is 5. The summed E-state index contributed by atoms with van der Waals surface area (Å²) in [5, 5.41) is 8.30. The summed E-state index contributed by atoms with van der Waals surface area (Å²) in [4.78, 5) is 8.56. The topological polar surface area (TPSA) is 60.8 Å². The first-order valence-electron chi connectivity index (χ1n) is 5.64. The van der Waals surface area contributed by atoms with Crippen LogP contribution in [0.4, 0.5) is 0 Å². The fourth-order valence-corrected chi connectivity index (χ4v) is 1.72. The summed E-state index contributed by atoms with van der Waals surface area (Å²) in [5.74, 6) is 0.940. The fraction of sp³-hybridized carbons (Fsp3) is 0.333. The van der Waals surface area contributed by atoms with E-state index in [2.05, 4.69) is 27.1 Å². The van der Waals surface area contributed by atoms with Crippen molar-refractivity contribution in [3.63, 3.8) is 0 Å². The smallest absolute Gasteiger partial charge is 0.233 e. The van der Waals surface area contributed by atoms with Crippen LogP contribution in [0.15, 0.2) is 18.2 Å². The lowest BCUT2D eigenvalue weighted by atomic mass is 10.2. The van der Waals surface area contributed by atoms with Gasteiger partial charge in [0, 0.05) is 11.8 Å². The maximum Gasteiger partial charge on any atom is 0.233 e. The van der Waals surface area contributed by atoms with Crippen LogP contribution >= 0.6 is 11.6 Å². The third kappa shape index (κ3) is 2.92. The zero-order valence-corrected chi connectivity index (χ0v) is 11.0. The van der Waals surface area contributed by atoms with Gasteiger partial charge in [-0.05, 0) is 18.6 Å². The molecule has 0 spiro atoms. The van der Waals surface area contributed by atoms with Gasteiger partial charge in [0.2, 0.25) is 5.88 Å². The highest BCUT2D eigenvalue weighted by atomic mass is 35.5. The monoisotopic (exact) mass is 264 g/mol. The van der Waals surface area contributed by atoms with Gasteiger partial charge in [0.1, 0.15) is 10.8 Å². The molecule has 0 saturated carbocycles. The van der Waals surface area contributed by atoms with E-state index in [1.165, 1.54) is 0 Å². The lowest BCUT2D eigenvalue weighted by molar-refractivity contribution is 0.392. The van der Waals surface area contributed by atoms with Crippen molar-refractivity contribution in [2.75, 3.05) is 7.11 Å². The number of ether oxygens (including phenoxy) is 1. The van der Waals surface area contributed by atoms with Gasteiger partial charge in [-0.1, -0.05) is 24.9 Å². The van der Waals surface area contributed by atoms with Crippen LogP contribution in [0, 0.1) is 0 Å². The maximum atomic E-state index is 5.97. The maximum absolute atomic E-state index is 5.97. The van der Waals surface area contributed by atoms with E-state index in [0.717, 1.165) is 18.5 Å². The molecule has 2 aromatic heterocycles. The molecule has 2 aromatic rings. The van der Waals surface area contributed by atoms with E-state index in [9.17, 15) is 0 Å². The quantitative estimate of drug-likeness (QED) is 0.794. The van der Waals surface area contributed by atoms with Crippen LogP contribution in [0.5, 0.6) is 5.88 Å². The molecule has 0 aliphatic carbocycles. The van der Waals surface area contributed by atoms with Gasteiger partial charge in [-0.25, -0.2) is 9.97 Å². The minimum Gasteiger partial charge on any atom is -0.480 e. The van der Waals surface area contributed by atoms with E-state index in [1.54, 1.807) is 25.3 Å². The number of nitrogens with zero attached hydrogens (tertiary/aromatic N) is 4. The Kier molecular flexibility index (Phi) is 4.04. The Morgan fingerprint density at radius 1 is 1.22 bits per heavy atom. The largest absolute Gasteiger partial charge is 0.480 e. The normalized spacial score (nSPS) is 10.4. The molecule has 0 unspecified atom stereocenters. The fourth-order valence-electron chi connectivity index (χ4n) is 1.51. The van der Waals surface area contributed by atoms with E-state index in [4.69, 9.17) is 16.3 Å². The molecular formula is C12H13ClN4O. The first kappa shape index (κ1) is 12.7. The molecule has 0 aliphatic rings. The molecule has 0 saturated heterocycles. The lowest BCUT2D eigenvalue weighted by Gasteiger charge is -2.04. The summed E-state index contributed by atoms with van der Waals surface area (Å²) in [5.41, 5.74) is 1.49. The molecule has 0 aromatic carbocycles. The Hall–Kier alpha value is -1.75. The molecular weight excluding hydrogens is 252 g/mol. The van der Waals surface area contributed by atoms with E-state index < -0.39 is 0 Å². The van der Waals surface area contributed by atoms with Crippen molar-refractivity contribution < 1.29 is 4.74 Å². The number of halogens is 1. The Morgan fingerprint density at radius 3 is 2.67 bits per heavy atom. The van der Waals surface area contributed by atoms with Crippen molar-refractivity contribution in [3.05, 3.63) is 29.0 Å². The van der Waals surface area contributed by atoms with Crippen LogP contribution < -0.4 is 4.74 Å². The van der Waals surface area contributed by atoms with Crippen LogP contribution in [0.25, 0.3) is 11.5 Å². The van der Waals surface area contributed by atoms with Gasteiger partial charge in [-0.2, -0.15) is 0 Å². The molecule has 0 bridgehead atoms. The SMILES string of the molecule is CCCc1cc(Cl)nc(-c2ccc(OC)nn2)n1. The average molecular weight is 265 g/mol. The van der Waals surface area contributed by atoms with E-state index in [0.29, 0.717) is 22.6 Å². The summed E-state index contributed by atoms with van der Waals surface area (Å²) in [6.45, 7) is 2.09. The van der Waals surface area contributed by atoms with Gasteiger partial charge in [0.25, 0.3) is 0 Å². The highest BCUT2D eigenvalue weighted by Gasteiger charge is 2.08.